The fourth-order valence-corrected chi connectivity index (χ4v) is 2.72. The third kappa shape index (κ3) is 16.4. The first-order valence-corrected chi connectivity index (χ1v) is 9.19. The molecular formula is C17H37P. The summed E-state index contributed by atoms with van der Waals surface area (Å²) < 4.78 is 0. The van der Waals surface area contributed by atoms with Gasteiger partial charge < -0.3 is 0 Å². The smallest absolute Gasteiger partial charge is 0.0293 e. The third-order valence-electron chi connectivity index (χ3n) is 3.76. The number of unbranched alkanes of at least 4 members (excludes halogenated alkanes) is 12. The van der Waals surface area contributed by atoms with Crippen molar-refractivity contribution in [2.45, 2.75) is 109 Å². The Morgan fingerprint density at radius 3 is 1.28 bits per heavy atom. The summed E-state index contributed by atoms with van der Waals surface area (Å²) in [5.41, 5.74) is 0.817. The molecule has 0 radical (unpaired) electrons. The highest BCUT2D eigenvalue weighted by atomic mass is 31.0. The first kappa shape index (κ1) is 18.4. The molecule has 0 heterocycles. The maximum absolute atomic E-state index is 2.90. The molecule has 0 saturated heterocycles. The van der Waals surface area contributed by atoms with Gasteiger partial charge in [0, 0.05) is 0 Å². The molecule has 0 amide bonds. The Labute approximate surface area is 119 Å². The van der Waals surface area contributed by atoms with Crippen LogP contribution in [0.3, 0.4) is 0 Å². The molecule has 0 fully saturated rings. The second-order valence-corrected chi connectivity index (χ2v) is 7.15. The lowest BCUT2D eigenvalue weighted by atomic mass is 10.0. The van der Waals surface area contributed by atoms with Gasteiger partial charge in [-0.15, -0.1) is 9.24 Å². The summed E-state index contributed by atoms with van der Waals surface area (Å²) in [5, 5.41) is 0. The molecule has 0 bridgehead atoms. The van der Waals surface area contributed by atoms with E-state index in [4.69, 9.17) is 0 Å². The van der Waals surface area contributed by atoms with E-state index in [1.807, 2.05) is 0 Å². The molecule has 1 heteroatoms. The SMILES string of the molecule is CCCCCCCCCCCCCCCC(C)P. The van der Waals surface area contributed by atoms with Crippen LogP contribution in [-0.4, -0.2) is 5.66 Å². The maximum atomic E-state index is 2.90. The van der Waals surface area contributed by atoms with Crippen molar-refractivity contribution < 1.29 is 0 Å². The predicted molar refractivity (Wildman–Crippen MR) is 89.5 cm³/mol. The molecule has 0 N–H and O–H groups in total. The summed E-state index contributed by atoms with van der Waals surface area (Å²) >= 11 is 0. The van der Waals surface area contributed by atoms with Gasteiger partial charge in [0.2, 0.25) is 0 Å². The Hall–Kier alpha value is 0.430. The van der Waals surface area contributed by atoms with Crippen LogP contribution in [0.15, 0.2) is 0 Å². The number of hydrogen-bond donors (Lipinski definition) is 0. The van der Waals surface area contributed by atoms with Crippen LogP contribution in [0.25, 0.3) is 0 Å². The van der Waals surface area contributed by atoms with Gasteiger partial charge in [-0.25, -0.2) is 0 Å². The van der Waals surface area contributed by atoms with Crippen LogP contribution >= 0.6 is 9.24 Å². The molecule has 18 heavy (non-hydrogen) atoms. The molecule has 0 rings (SSSR count). The quantitative estimate of drug-likeness (QED) is 0.243. The summed E-state index contributed by atoms with van der Waals surface area (Å²) in [6.45, 7) is 4.59. The highest BCUT2D eigenvalue weighted by Gasteiger charge is 1.95. The maximum Gasteiger partial charge on any atom is -0.0293 e. The third-order valence-corrected chi connectivity index (χ3v) is 4.10. The molecular weight excluding hydrogens is 235 g/mol. The van der Waals surface area contributed by atoms with E-state index >= 15 is 0 Å². The van der Waals surface area contributed by atoms with Crippen LogP contribution < -0.4 is 0 Å². The van der Waals surface area contributed by atoms with Gasteiger partial charge in [0.1, 0.15) is 0 Å². The summed E-state index contributed by atoms with van der Waals surface area (Å²) in [5.74, 6) is 0. The molecule has 0 nitrogen and oxygen atoms in total. The van der Waals surface area contributed by atoms with E-state index < -0.39 is 0 Å². The molecule has 110 valence electrons. The van der Waals surface area contributed by atoms with Crippen molar-refractivity contribution in [2.24, 2.45) is 0 Å². The highest BCUT2D eigenvalue weighted by molar-refractivity contribution is 7.17. The average molecular weight is 272 g/mol. The summed E-state index contributed by atoms with van der Waals surface area (Å²) in [6.07, 6.45) is 20.4. The van der Waals surface area contributed by atoms with E-state index in [0.29, 0.717) is 0 Å². The lowest BCUT2D eigenvalue weighted by molar-refractivity contribution is 0.535. The lowest BCUT2D eigenvalue weighted by Crippen LogP contribution is -1.89. The van der Waals surface area contributed by atoms with Gasteiger partial charge in [-0.3, -0.25) is 0 Å². The van der Waals surface area contributed by atoms with E-state index in [-0.39, 0.29) is 0 Å². The molecule has 0 aliphatic carbocycles. The first-order valence-electron chi connectivity index (χ1n) is 8.53. The Balaban J connectivity index is 2.90. The lowest BCUT2D eigenvalue weighted by Gasteiger charge is -2.04. The van der Waals surface area contributed by atoms with E-state index in [1.54, 1.807) is 0 Å². The number of rotatable bonds is 14. The fraction of sp³-hybridized carbons (Fsp3) is 1.00. The second-order valence-electron chi connectivity index (χ2n) is 6.01. The molecule has 0 aromatic heterocycles. The van der Waals surface area contributed by atoms with Crippen molar-refractivity contribution in [2.75, 3.05) is 0 Å². The molecule has 0 spiro atoms. The minimum Gasteiger partial charge on any atom is -0.135 e. The van der Waals surface area contributed by atoms with Crippen LogP contribution in [0.2, 0.25) is 0 Å². The van der Waals surface area contributed by atoms with Crippen LogP contribution in [0, 0.1) is 0 Å². The van der Waals surface area contributed by atoms with Gasteiger partial charge in [-0.2, -0.15) is 0 Å². The van der Waals surface area contributed by atoms with Crippen LogP contribution in [-0.2, 0) is 0 Å². The fourth-order valence-electron chi connectivity index (χ4n) is 2.48. The molecule has 0 aliphatic rings. The van der Waals surface area contributed by atoms with Gasteiger partial charge in [-0.05, 0) is 12.1 Å². The zero-order valence-corrected chi connectivity index (χ0v) is 14.2. The van der Waals surface area contributed by atoms with Crippen LogP contribution in [0.5, 0.6) is 0 Å². The topological polar surface area (TPSA) is 0 Å². The van der Waals surface area contributed by atoms with E-state index in [1.165, 1.54) is 89.9 Å². The standard InChI is InChI=1S/C17H37P/c1-3-4-5-6-7-8-9-10-11-12-13-14-15-16-17(2)18/h17H,3-16,18H2,1-2H3. The average Bonchev–Trinajstić information content (AvgIpc) is 2.34. The summed E-state index contributed by atoms with van der Waals surface area (Å²) in [4.78, 5) is 0. The molecule has 0 aliphatic heterocycles. The Morgan fingerprint density at radius 2 is 0.944 bits per heavy atom. The van der Waals surface area contributed by atoms with Gasteiger partial charge >= 0.3 is 0 Å². The van der Waals surface area contributed by atoms with Gasteiger partial charge in [-0.1, -0.05) is 97.3 Å². The molecule has 0 aromatic carbocycles. The monoisotopic (exact) mass is 272 g/mol. The summed E-state index contributed by atoms with van der Waals surface area (Å²) in [6, 6.07) is 0. The second kappa shape index (κ2) is 15.5. The van der Waals surface area contributed by atoms with Crippen molar-refractivity contribution in [1.82, 2.24) is 0 Å². The first-order chi connectivity index (χ1) is 8.77. The number of hydrogen-bond acceptors (Lipinski definition) is 0. The van der Waals surface area contributed by atoms with Crippen molar-refractivity contribution in [3.63, 3.8) is 0 Å². The van der Waals surface area contributed by atoms with Crippen molar-refractivity contribution in [3.8, 4) is 0 Å². The van der Waals surface area contributed by atoms with Crippen molar-refractivity contribution in [1.29, 1.82) is 0 Å². The normalized spacial score (nSPS) is 12.8. The van der Waals surface area contributed by atoms with E-state index in [0.717, 1.165) is 5.66 Å². The van der Waals surface area contributed by atoms with E-state index in [9.17, 15) is 0 Å². The van der Waals surface area contributed by atoms with Crippen LogP contribution in [0.1, 0.15) is 104 Å². The molecule has 2 unspecified atom stereocenters. The zero-order valence-electron chi connectivity index (χ0n) is 13.1. The molecule has 0 aromatic rings. The van der Waals surface area contributed by atoms with E-state index in [2.05, 4.69) is 23.1 Å². The van der Waals surface area contributed by atoms with Crippen LogP contribution in [0.4, 0.5) is 0 Å². The molecule has 0 saturated carbocycles. The van der Waals surface area contributed by atoms with Crippen molar-refractivity contribution in [3.05, 3.63) is 0 Å². The largest absolute Gasteiger partial charge is 0.135 e. The van der Waals surface area contributed by atoms with Crippen molar-refractivity contribution >= 4 is 9.24 Å². The Kier molecular flexibility index (Phi) is 15.9. The Morgan fingerprint density at radius 1 is 0.611 bits per heavy atom. The predicted octanol–water partition coefficient (Wildman–Crippen LogP) is 6.73. The highest BCUT2D eigenvalue weighted by Crippen LogP contribution is 2.14. The Bertz CT molecular complexity index is 143. The minimum absolute atomic E-state index is 0.817. The molecule has 2 atom stereocenters. The van der Waals surface area contributed by atoms with Gasteiger partial charge in [0.05, 0.1) is 0 Å². The zero-order chi connectivity index (χ0) is 13.5. The van der Waals surface area contributed by atoms with Gasteiger partial charge in [0.25, 0.3) is 0 Å². The summed E-state index contributed by atoms with van der Waals surface area (Å²) in [7, 11) is 2.90. The minimum atomic E-state index is 0.817. The van der Waals surface area contributed by atoms with Gasteiger partial charge in [0.15, 0.2) is 0 Å².